The number of nitrogens with zero attached hydrogens (tertiary/aromatic N) is 1. The third-order valence-electron chi connectivity index (χ3n) is 2.84. The first-order valence-corrected chi connectivity index (χ1v) is 6.06. The zero-order chi connectivity index (χ0) is 13.0. The van der Waals surface area contributed by atoms with E-state index in [9.17, 15) is 4.79 Å². The number of para-hydroxylation sites is 1. The molecular formula is C13H17NO4. The van der Waals surface area contributed by atoms with Gasteiger partial charge < -0.3 is 19.5 Å². The number of carbonyl (C=O) groups excluding carboxylic acids is 1. The summed E-state index contributed by atoms with van der Waals surface area (Å²) in [5.74, 6) is 0.964. The first-order chi connectivity index (χ1) is 8.77. The second kappa shape index (κ2) is 5.73. The first-order valence-electron chi connectivity index (χ1n) is 6.06. The van der Waals surface area contributed by atoms with Crippen molar-refractivity contribution in [1.29, 1.82) is 0 Å². The summed E-state index contributed by atoms with van der Waals surface area (Å²) in [7, 11) is 0. The lowest BCUT2D eigenvalue weighted by Crippen LogP contribution is -2.34. The van der Waals surface area contributed by atoms with E-state index in [1.54, 1.807) is 23.1 Å². The van der Waals surface area contributed by atoms with Crippen LogP contribution in [0.1, 0.15) is 17.3 Å². The number of ether oxygens (including phenoxy) is 2. The minimum Gasteiger partial charge on any atom is -0.486 e. The number of hydrogen-bond donors (Lipinski definition) is 1. The Morgan fingerprint density at radius 1 is 1.39 bits per heavy atom. The van der Waals surface area contributed by atoms with Crippen molar-refractivity contribution in [2.24, 2.45) is 0 Å². The maximum absolute atomic E-state index is 12.3. The van der Waals surface area contributed by atoms with E-state index in [2.05, 4.69) is 0 Å². The van der Waals surface area contributed by atoms with E-state index in [-0.39, 0.29) is 12.5 Å². The molecule has 5 heteroatoms. The van der Waals surface area contributed by atoms with Gasteiger partial charge in [0.15, 0.2) is 11.5 Å². The van der Waals surface area contributed by atoms with Crippen LogP contribution in [0.5, 0.6) is 11.5 Å². The fourth-order valence-electron chi connectivity index (χ4n) is 1.94. The zero-order valence-electron chi connectivity index (χ0n) is 10.4. The molecule has 1 aromatic carbocycles. The monoisotopic (exact) mass is 251 g/mol. The largest absolute Gasteiger partial charge is 0.486 e. The molecule has 0 bridgehead atoms. The molecule has 1 aliphatic heterocycles. The fourth-order valence-corrected chi connectivity index (χ4v) is 1.94. The molecular weight excluding hydrogens is 234 g/mol. The van der Waals surface area contributed by atoms with E-state index >= 15 is 0 Å². The van der Waals surface area contributed by atoms with Crippen molar-refractivity contribution in [3.8, 4) is 11.5 Å². The summed E-state index contributed by atoms with van der Waals surface area (Å²) in [4.78, 5) is 13.9. The van der Waals surface area contributed by atoms with E-state index in [4.69, 9.17) is 14.6 Å². The summed E-state index contributed by atoms with van der Waals surface area (Å²) in [5, 5.41) is 8.95. The molecule has 1 heterocycles. The molecule has 0 radical (unpaired) electrons. The standard InChI is InChI=1S/C13H17NO4/c1-2-14(6-7-15)13(16)10-4-3-5-11-12(10)18-9-8-17-11/h3-5,15H,2,6-9H2,1H3. The van der Waals surface area contributed by atoms with Crippen LogP contribution in [0.25, 0.3) is 0 Å². The number of likely N-dealkylation sites (N-methyl/N-ethyl adjacent to an activating group) is 1. The average Bonchev–Trinajstić information content (AvgIpc) is 2.43. The lowest BCUT2D eigenvalue weighted by molar-refractivity contribution is 0.0721. The zero-order valence-corrected chi connectivity index (χ0v) is 10.4. The molecule has 1 aromatic rings. The molecule has 0 spiro atoms. The number of hydrogen-bond acceptors (Lipinski definition) is 4. The highest BCUT2D eigenvalue weighted by Gasteiger charge is 2.23. The highest BCUT2D eigenvalue weighted by atomic mass is 16.6. The Hall–Kier alpha value is -1.75. The number of carbonyl (C=O) groups is 1. The van der Waals surface area contributed by atoms with Gasteiger partial charge in [-0.1, -0.05) is 6.07 Å². The van der Waals surface area contributed by atoms with Gasteiger partial charge in [-0.3, -0.25) is 4.79 Å². The van der Waals surface area contributed by atoms with Gasteiger partial charge in [-0.25, -0.2) is 0 Å². The summed E-state index contributed by atoms with van der Waals surface area (Å²) in [6, 6.07) is 5.27. The molecule has 0 aromatic heterocycles. The lowest BCUT2D eigenvalue weighted by Gasteiger charge is -2.24. The summed E-state index contributed by atoms with van der Waals surface area (Å²) in [6.45, 7) is 3.64. The van der Waals surface area contributed by atoms with Crippen LogP contribution in [-0.2, 0) is 0 Å². The van der Waals surface area contributed by atoms with Crippen LogP contribution >= 0.6 is 0 Å². The second-order valence-electron chi connectivity index (χ2n) is 3.94. The van der Waals surface area contributed by atoms with Crippen molar-refractivity contribution in [2.75, 3.05) is 32.9 Å². The normalized spacial score (nSPS) is 13.2. The average molecular weight is 251 g/mol. The summed E-state index contributed by atoms with van der Waals surface area (Å²) < 4.78 is 11.0. The van der Waals surface area contributed by atoms with Gasteiger partial charge in [0.2, 0.25) is 0 Å². The van der Waals surface area contributed by atoms with Crippen LogP contribution in [0.15, 0.2) is 18.2 Å². The molecule has 5 nitrogen and oxygen atoms in total. The minimum absolute atomic E-state index is 0.0496. The van der Waals surface area contributed by atoms with E-state index in [1.807, 2.05) is 6.92 Å². The molecule has 0 atom stereocenters. The van der Waals surface area contributed by atoms with Gasteiger partial charge in [-0.05, 0) is 19.1 Å². The smallest absolute Gasteiger partial charge is 0.257 e. The fraction of sp³-hybridized carbons (Fsp3) is 0.462. The summed E-state index contributed by atoms with van der Waals surface area (Å²) >= 11 is 0. The van der Waals surface area contributed by atoms with Crippen LogP contribution < -0.4 is 9.47 Å². The predicted octanol–water partition coefficient (Wildman–Crippen LogP) is 0.912. The topological polar surface area (TPSA) is 59.0 Å². The maximum atomic E-state index is 12.3. The van der Waals surface area contributed by atoms with Crippen LogP contribution in [0, 0.1) is 0 Å². The SMILES string of the molecule is CCN(CCO)C(=O)c1cccc2c1OCCO2. The molecule has 1 N–H and O–H groups in total. The van der Waals surface area contributed by atoms with Crippen LogP contribution in [-0.4, -0.2) is 48.8 Å². The predicted molar refractivity (Wildman–Crippen MR) is 66.1 cm³/mol. The first kappa shape index (κ1) is 12.7. The minimum atomic E-state index is -0.145. The third kappa shape index (κ3) is 2.41. The van der Waals surface area contributed by atoms with Gasteiger partial charge >= 0.3 is 0 Å². The molecule has 98 valence electrons. The maximum Gasteiger partial charge on any atom is 0.257 e. The molecule has 0 unspecified atom stereocenters. The van der Waals surface area contributed by atoms with E-state index in [0.717, 1.165) is 0 Å². The molecule has 1 aliphatic rings. The Morgan fingerprint density at radius 3 is 2.89 bits per heavy atom. The Kier molecular flexibility index (Phi) is 4.04. The van der Waals surface area contributed by atoms with Crippen molar-refractivity contribution in [2.45, 2.75) is 6.92 Å². The molecule has 0 aliphatic carbocycles. The van der Waals surface area contributed by atoms with Gasteiger partial charge in [0.05, 0.1) is 12.2 Å². The third-order valence-corrected chi connectivity index (χ3v) is 2.84. The van der Waals surface area contributed by atoms with Crippen molar-refractivity contribution < 1.29 is 19.4 Å². The van der Waals surface area contributed by atoms with Crippen LogP contribution in [0.4, 0.5) is 0 Å². The molecule has 1 amide bonds. The highest BCUT2D eigenvalue weighted by molar-refractivity contribution is 5.97. The quantitative estimate of drug-likeness (QED) is 0.864. The number of rotatable bonds is 4. The van der Waals surface area contributed by atoms with Gasteiger partial charge in [-0.2, -0.15) is 0 Å². The van der Waals surface area contributed by atoms with Gasteiger partial charge in [0, 0.05) is 13.1 Å². The Labute approximate surface area is 106 Å². The number of fused-ring (bicyclic) bond motifs is 1. The van der Waals surface area contributed by atoms with Crippen molar-refractivity contribution >= 4 is 5.91 Å². The van der Waals surface area contributed by atoms with Crippen LogP contribution in [0.3, 0.4) is 0 Å². The number of benzene rings is 1. The molecule has 0 saturated heterocycles. The Bertz CT molecular complexity index is 433. The van der Waals surface area contributed by atoms with E-state index < -0.39 is 0 Å². The second-order valence-corrected chi connectivity index (χ2v) is 3.94. The van der Waals surface area contributed by atoms with Gasteiger partial charge in [0.1, 0.15) is 13.2 Å². The van der Waals surface area contributed by atoms with Crippen molar-refractivity contribution in [3.05, 3.63) is 23.8 Å². The number of aliphatic hydroxyl groups excluding tert-OH is 1. The summed E-state index contributed by atoms with van der Waals surface area (Å²) in [5.41, 5.74) is 0.488. The van der Waals surface area contributed by atoms with Crippen molar-refractivity contribution in [3.63, 3.8) is 0 Å². The molecule has 18 heavy (non-hydrogen) atoms. The van der Waals surface area contributed by atoms with Crippen LogP contribution in [0.2, 0.25) is 0 Å². The van der Waals surface area contributed by atoms with E-state index in [1.165, 1.54) is 0 Å². The van der Waals surface area contributed by atoms with Gasteiger partial charge in [-0.15, -0.1) is 0 Å². The molecule has 0 fully saturated rings. The molecule has 0 saturated carbocycles. The number of amides is 1. The Balaban J connectivity index is 2.29. The van der Waals surface area contributed by atoms with Crippen molar-refractivity contribution in [1.82, 2.24) is 4.90 Å². The van der Waals surface area contributed by atoms with Gasteiger partial charge in [0.25, 0.3) is 5.91 Å². The number of aliphatic hydroxyl groups is 1. The summed E-state index contributed by atoms with van der Waals surface area (Å²) in [6.07, 6.45) is 0. The van der Waals surface area contributed by atoms with E-state index in [0.29, 0.717) is 43.4 Å². The highest BCUT2D eigenvalue weighted by Crippen LogP contribution is 2.34. The lowest BCUT2D eigenvalue weighted by atomic mass is 10.1. The molecule has 2 rings (SSSR count). The Morgan fingerprint density at radius 2 is 2.17 bits per heavy atom.